The number of hydrogen-bond acceptors (Lipinski definition) is 4. The number of nitrogens with one attached hydrogen (secondary N) is 2. The number of morpholine rings is 1. The van der Waals surface area contributed by atoms with E-state index in [4.69, 9.17) is 4.74 Å². The highest BCUT2D eigenvalue weighted by Gasteiger charge is 2.16. The summed E-state index contributed by atoms with van der Waals surface area (Å²) in [6.45, 7) is 6.16. The molecule has 0 radical (unpaired) electrons. The highest BCUT2D eigenvalue weighted by atomic mass is 16.5. The number of anilines is 1. The molecule has 1 aliphatic heterocycles. The average Bonchev–Trinajstić information content (AvgIpc) is 2.73. The van der Waals surface area contributed by atoms with Gasteiger partial charge in [-0.1, -0.05) is 42.5 Å². The van der Waals surface area contributed by atoms with Gasteiger partial charge in [-0.25, -0.2) is 4.79 Å². The molecule has 29 heavy (non-hydrogen) atoms. The summed E-state index contributed by atoms with van der Waals surface area (Å²) in [5.41, 5.74) is 3.81. The molecule has 2 N–H and O–H groups in total. The maximum Gasteiger partial charge on any atom is 0.319 e. The van der Waals surface area contributed by atoms with Crippen molar-refractivity contribution in [3.8, 4) is 0 Å². The molecular weight excluding hydrogens is 364 g/mol. The molecule has 150 valence electrons. The number of benzene rings is 2. The smallest absolute Gasteiger partial charge is 0.319 e. The van der Waals surface area contributed by atoms with Crippen LogP contribution in [0.2, 0.25) is 0 Å². The zero-order valence-electron chi connectivity index (χ0n) is 16.6. The molecule has 0 bridgehead atoms. The van der Waals surface area contributed by atoms with Gasteiger partial charge in [0.2, 0.25) is 0 Å². The predicted molar refractivity (Wildman–Crippen MR) is 115 cm³/mol. The summed E-state index contributed by atoms with van der Waals surface area (Å²) >= 11 is 0. The van der Waals surface area contributed by atoms with Crippen LogP contribution < -0.4 is 10.6 Å². The van der Waals surface area contributed by atoms with Crippen molar-refractivity contribution in [1.82, 2.24) is 15.2 Å². The third-order valence-corrected chi connectivity index (χ3v) is 5.06. The molecule has 1 atom stereocenters. The van der Waals surface area contributed by atoms with Gasteiger partial charge in [-0.3, -0.25) is 9.88 Å². The second-order valence-electron chi connectivity index (χ2n) is 7.42. The summed E-state index contributed by atoms with van der Waals surface area (Å²) in [5, 5.41) is 6.84. The van der Waals surface area contributed by atoms with Gasteiger partial charge in [0.15, 0.2) is 0 Å². The van der Waals surface area contributed by atoms with Gasteiger partial charge in [-0.2, -0.15) is 0 Å². The number of rotatable bonds is 5. The van der Waals surface area contributed by atoms with Gasteiger partial charge in [-0.15, -0.1) is 0 Å². The number of urea groups is 1. The maximum atomic E-state index is 12.4. The zero-order valence-corrected chi connectivity index (χ0v) is 16.6. The molecule has 1 unspecified atom stereocenters. The van der Waals surface area contributed by atoms with E-state index in [1.165, 1.54) is 5.56 Å². The first-order chi connectivity index (χ1) is 14.2. The largest absolute Gasteiger partial charge is 0.376 e. The van der Waals surface area contributed by atoms with Crippen LogP contribution in [0.1, 0.15) is 18.1 Å². The minimum atomic E-state index is -0.240. The second-order valence-corrected chi connectivity index (χ2v) is 7.42. The first-order valence-corrected chi connectivity index (χ1v) is 9.98. The number of hydrogen-bond donors (Lipinski definition) is 2. The van der Waals surface area contributed by atoms with Crippen LogP contribution in [0.15, 0.2) is 60.8 Å². The highest BCUT2D eigenvalue weighted by molar-refractivity contribution is 5.99. The normalized spacial score (nSPS) is 17.2. The Labute approximate surface area is 170 Å². The van der Waals surface area contributed by atoms with Crippen LogP contribution in [0, 0.1) is 0 Å². The van der Waals surface area contributed by atoms with Crippen molar-refractivity contribution < 1.29 is 9.53 Å². The number of para-hydroxylation sites is 1. The lowest BCUT2D eigenvalue weighted by atomic mass is 10.1. The van der Waals surface area contributed by atoms with Crippen LogP contribution in [0.25, 0.3) is 10.9 Å². The second kappa shape index (κ2) is 9.03. The number of ether oxygens (including phenoxy) is 1. The molecule has 0 spiro atoms. The molecule has 1 aliphatic rings. The third kappa shape index (κ3) is 5.10. The lowest BCUT2D eigenvalue weighted by Gasteiger charge is -2.31. The van der Waals surface area contributed by atoms with E-state index in [1.54, 1.807) is 6.20 Å². The quantitative estimate of drug-likeness (QED) is 0.696. The van der Waals surface area contributed by atoms with E-state index in [9.17, 15) is 4.79 Å². The molecule has 6 nitrogen and oxygen atoms in total. The lowest BCUT2D eigenvalue weighted by molar-refractivity contribution is -0.0212. The molecule has 4 rings (SSSR count). The number of pyridine rings is 1. The zero-order chi connectivity index (χ0) is 20.1. The molecule has 0 saturated carbocycles. The Morgan fingerprint density at radius 3 is 2.90 bits per heavy atom. The maximum absolute atomic E-state index is 12.4. The Kier molecular flexibility index (Phi) is 6.03. The molecule has 2 aromatic carbocycles. The van der Waals surface area contributed by atoms with Crippen LogP contribution in [0.4, 0.5) is 10.5 Å². The van der Waals surface area contributed by atoms with Crippen molar-refractivity contribution in [3.63, 3.8) is 0 Å². The van der Waals surface area contributed by atoms with E-state index in [2.05, 4.69) is 39.6 Å². The van der Waals surface area contributed by atoms with E-state index in [0.717, 1.165) is 42.7 Å². The summed E-state index contributed by atoms with van der Waals surface area (Å²) in [7, 11) is 0. The molecule has 1 fully saturated rings. The fraction of sp³-hybridized carbons (Fsp3) is 0.304. The number of carbonyl (C=O) groups is 1. The van der Waals surface area contributed by atoms with E-state index >= 15 is 0 Å². The van der Waals surface area contributed by atoms with Crippen LogP contribution >= 0.6 is 0 Å². The van der Waals surface area contributed by atoms with Gasteiger partial charge in [0.05, 0.1) is 23.9 Å². The molecule has 1 aromatic heterocycles. The first kappa shape index (κ1) is 19.4. The Morgan fingerprint density at radius 2 is 2.00 bits per heavy atom. The number of aromatic nitrogens is 1. The van der Waals surface area contributed by atoms with Gasteiger partial charge < -0.3 is 15.4 Å². The minimum Gasteiger partial charge on any atom is -0.376 e. The van der Waals surface area contributed by atoms with Gasteiger partial charge in [0.25, 0.3) is 0 Å². The van der Waals surface area contributed by atoms with Crippen LogP contribution in [0.5, 0.6) is 0 Å². The number of carbonyl (C=O) groups excluding carboxylic acids is 1. The van der Waals surface area contributed by atoms with Crippen LogP contribution in [0.3, 0.4) is 0 Å². The Bertz CT molecular complexity index is 986. The van der Waals surface area contributed by atoms with E-state index in [0.29, 0.717) is 12.2 Å². The van der Waals surface area contributed by atoms with E-state index < -0.39 is 0 Å². The lowest BCUT2D eigenvalue weighted by Crippen LogP contribution is -2.40. The number of fused-ring (bicyclic) bond motifs is 1. The van der Waals surface area contributed by atoms with Gasteiger partial charge >= 0.3 is 6.03 Å². The molecule has 2 amide bonds. The van der Waals surface area contributed by atoms with Crippen molar-refractivity contribution in [2.45, 2.75) is 26.1 Å². The van der Waals surface area contributed by atoms with E-state index in [-0.39, 0.29) is 12.1 Å². The molecule has 6 heteroatoms. The van der Waals surface area contributed by atoms with Crippen molar-refractivity contribution in [2.24, 2.45) is 0 Å². The molecule has 0 aliphatic carbocycles. The predicted octanol–water partition coefficient (Wildman–Crippen LogP) is 3.78. The minimum absolute atomic E-state index is 0.240. The molecule has 1 saturated heterocycles. The number of amides is 2. The van der Waals surface area contributed by atoms with E-state index in [1.807, 2.05) is 42.5 Å². The van der Waals surface area contributed by atoms with Crippen molar-refractivity contribution in [3.05, 3.63) is 71.9 Å². The Morgan fingerprint density at radius 1 is 1.17 bits per heavy atom. The van der Waals surface area contributed by atoms with Gasteiger partial charge in [0, 0.05) is 37.8 Å². The summed E-state index contributed by atoms with van der Waals surface area (Å²) < 4.78 is 5.61. The molecule has 2 heterocycles. The highest BCUT2D eigenvalue weighted by Crippen LogP contribution is 2.20. The average molecular weight is 390 g/mol. The fourth-order valence-corrected chi connectivity index (χ4v) is 3.68. The molecular formula is C23H26N4O2. The standard InChI is InChI=1S/C23H26N4O2/c1-17-15-27(11-12-29-17)16-19-6-2-5-18(13-19)14-25-23(28)26-21-9-3-7-20-8-4-10-24-22(20)21/h2-10,13,17H,11-12,14-16H2,1H3,(H2,25,26,28). The SMILES string of the molecule is CC1CN(Cc2cccc(CNC(=O)Nc3cccc4cccnc34)c2)CCO1. The third-order valence-electron chi connectivity index (χ3n) is 5.06. The first-order valence-electron chi connectivity index (χ1n) is 9.98. The van der Waals surface area contributed by atoms with Crippen molar-refractivity contribution in [1.29, 1.82) is 0 Å². The summed E-state index contributed by atoms with van der Waals surface area (Å²) in [6, 6.07) is 17.7. The van der Waals surface area contributed by atoms with Crippen LogP contribution in [-0.4, -0.2) is 41.7 Å². The van der Waals surface area contributed by atoms with Gasteiger partial charge in [0.1, 0.15) is 0 Å². The number of nitrogens with zero attached hydrogens (tertiary/aromatic N) is 2. The van der Waals surface area contributed by atoms with Crippen molar-refractivity contribution in [2.75, 3.05) is 25.0 Å². The monoisotopic (exact) mass is 390 g/mol. The van der Waals surface area contributed by atoms with Crippen molar-refractivity contribution >= 4 is 22.6 Å². The summed E-state index contributed by atoms with van der Waals surface area (Å²) in [4.78, 5) is 19.2. The van der Waals surface area contributed by atoms with Gasteiger partial charge in [-0.05, 0) is 30.2 Å². The molecule has 3 aromatic rings. The Hall–Kier alpha value is -2.96. The summed E-state index contributed by atoms with van der Waals surface area (Å²) in [6.07, 6.45) is 2.01. The topological polar surface area (TPSA) is 66.5 Å². The van der Waals surface area contributed by atoms with Crippen LogP contribution in [-0.2, 0) is 17.8 Å². The fourth-order valence-electron chi connectivity index (χ4n) is 3.68. The summed E-state index contributed by atoms with van der Waals surface area (Å²) in [5.74, 6) is 0. The Balaban J connectivity index is 1.34.